The zero-order valence-corrected chi connectivity index (χ0v) is 11.8. The van der Waals surface area contributed by atoms with Crippen molar-refractivity contribution < 1.29 is 14.2 Å². The zero-order chi connectivity index (χ0) is 13.0. The minimum Gasteiger partial charge on any atom is -0.370 e. The predicted molar refractivity (Wildman–Crippen MR) is 68.7 cm³/mol. The lowest BCUT2D eigenvalue weighted by Crippen LogP contribution is -2.45. The summed E-state index contributed by atoms with van der Waals surface area (Å²) in [7, 11) is 1.78. The number of allylic oxidation sites excluding steroid dienone is 1. The van der Waals surface area contributed by atoms with Gasteiger partial charge in [0.15, 0.2) is 5.79 Å². The van der Waals surface area contributed by atoms with Crippen molar-refractivity contribution in [3.8, 4) is 0 Å². The standard InChI is InChI=1S/C15H23O3/c1-10-12-7-15(6-11(12)5-13(10)16-4)8-17-14(2,3)18-9-15/h11H,5-9H2,1-4H3. The summed E-state index contributed by atoms with van der Waals surface area (Å²) in [5, 5.41) is 0. The second-order valence-corrected chi connectivity index (χ2v) is 6.54. The summed E-state index contributed by atoms with van der Waals surface area (Å²) in [6.45, 7) is 7.85. The molecule has 1 unspecified atom stereocenters. The highest BCUT2D eigenvalue weighted by Gasteiger charge is 2.50. The number of ether oxygens (including phenoxy) is 3. The molecule has 0 aromatic carbocycles. The Morgan fingerprint density at radius 2 is 1.89 bits per heavy atom. The van der Waals surface area contributed by atoms with Crippen LogP contribution in [0.5, 0.6) is 0 Å². The van der Waals surface area contributed by atoms with Crippen molar-refractivity contribution in [3.05, 3.63) is 17.3 Å². The van der Waals surface area contributed by atoms with Gasteiger partial charge in [-0.3, -0.25) is 0 Å². The molecule has 1 heterocycles. The van der Waals surface area contributed by atoms with E-state index in [1.54, 1.807) is 12.7 Å². The maximum absolute atomic E-state index is 5.87. The number of rotatable bonds is 1. The van der Waals surface area contributed by atoms with Crippen molar-refractivity contribution in [2.45, 2.75) is 45.8 Å². The van der Waals surface area contributed by atoms with Crippen molar-refractivity contribution in [2.24, 2.45) is 11.3 Å². The highest BCUT2D eigenvalue weighted by atomic mass is 16.7. The average molecular weight is 251 g/mol. The van der Waals surface area contributed by atoms with E-state index in [1.165, 1.54) is 18.1 Å². The quantitative estimate of drug-likeness (QED) is 0.717. The number of fused-ring (bicyclic) bond motifs is 1. The van der Waals surface area contributed by atoms with Gasteiger partial charge < -0.3 is 14.2 Å². The molecule has 2 aliphatic carbocycles. The molecule has 3 nitrogen and oxygen atoms in total. The van der Waals surface area contributed by atoms with Gasteiger partial charge in [0.2, 0.25) is 0 Å². The van der Waals surface area contributed by atoms with Gasteiger partial charge in [0, 0.05) is 12.5 Å². The Labute approximate surface area is 109 Å². The van der Waals surface area contributed by atoms with Gasteiger partial charge in [0.1, 0.15) is 6.10 Å². The first-order chi connectivity index (χ1) is 8.45. The lowest BCUT2D eigenvalue weighted by molar-refractivity contribution is -0.284. The summed E-state index contributed by atoms with van der Waals surface area (Å²) in [6.07, 6.45) is 4.56. The van der Waals surface area contributed by atoms with Gasteiger partial charge in [0.25, 0.3) is 0 Å². The Bertz CT molecular complexity index is 373. The van der Waals surface area contributed by atoms with E-state index in [0.29, 0.717) is 5.92 Å². The van der Waals surface area contributed by atoms with Crippen molar-refractivity contribution in [1.29, 1.82) is 0 Å². The average Bonchev–Trinajstić information content (AvgIpc) is 2.81. The van der Waals surface area contributed by atoms with Gasteiger partial charge >= 0.3 is 0 Å². The van der Waals surface area contributed by atoms with Gasteiger partial charge in [-0.15, -0.1) is 0 Å². The van der Waals surface area contributed by atoms with E-state index < -0.39 is 5.79 Å². The molecular weight excluding hydrogens is 228 g/mol. The van der Waals surface area contributed by atoms with E-state index in [-0.39, 0.29) is 5.41 Å². The van der Waals surface area contributed by atoms with E-state index in [1.807, 2.05) is 13.8 Å². The van der Waals surface area contributed by atoms with Crippen LogP contribution in [0.25, 0.3) is 0 Å². The van der Waals surface area contributed by atoms with E-state index in [9.17, 15) is 0 Å². The fraction of sp³-hybridized carbons (Fsp3) is 0.800. The summed E-state index contributed by atoms with van der Waals surface area (Å²) in [5.74, 6) is 0.254. The Morgan fingerprint density at radius 1 is 1.22 bits per heavy atom. The molecule has 0 aromatic rings. The first-order valence-electron chi connectivity index (χ1n) is 6.82. The molecule has 0 bridgehead atoms. The summed E-state index contributed by atoms with van der Waals surface area (Å²) < 4.78 is 17.2. The van der Waals surface area contributed by atoms with Crippen LogP contribution in [0.3, 0.4) is 0 Å². The molecule has 0 amide bonds. The molecule has 1 saturated carbocycles. The molecular formula is C15H23O3. The van der Waals surface area contributed by atoms with Crippen LogP contribution in [0.15, 0.2) is 11.1 Å². The molecule has 3 aliphatic rings. The third kappa shape index (κ3) is 1.93. The van der Waals surface area contributed by atoms with E-state index >= 15 is 0 Å². The Hall–Kier alpha value is -0.380. The molecule has 1 aliphatic heterocycles. The highest BCUT2D eigenvalue weighted by molar-refractivity contribution is 5.37. The van der Waals surface area contributed by atoms with Crippen LogP contribution in [-0.2, 0) is 14.2 Å². The van der Waals surface area contributed by atoms with Crippen molar-refractivity contribution >= 4 is 0 Å². The molecule has 3 rings (SSSR count). The van der Waals surface area contributed by atoms with Gasteiger partial charge in [-0.25, -0.2) is 0 Å². The predicted octanol–water partition coefficient (Wildman–Crippen LogP) is 3.06. The van der Waals surface area contributed by atoms with Gasteiger partial charge in [-0.2, -0.15) is 0 Å². The molecule has 1 spiro atoms. The Kier molecular flexibility index (Phi) is 2.85. The number of hydrogen-bond donors (Lipinski definition) is 0. The third-order valence-electron chi connectivity index (χ3n) is 4.77. The second kappa shape index (κ2) is 4.06. The highest BCUT2D eigenvalue weighted by Crippen LogP contribution is 2.56. The zero-order valence-electron chi connectivity index (χ0n) is 11.8. The first-order valence-corrected chi connectivity index (χ1v) is 6.82. The maximum Gasteiger partial charge on any atom is 0.162 e. The molecule has 0 aromatic heterocycles. The van der Waals surface area contributed by atoms with Crippen LogP contribution in [-0.4, -0.2) is 26.1 Å². The molecule has 2 fully saturated rings. The summed E-state index contributed by atoms with van der Waals surface area (Å²) in [6, 6.07) is 0. The molecule has 18 heavy (non-hydrogen) atoms. The molecule has 3 heteroatoms. The Morgan fingerprint density at radius 3 is 2.44 bits per heavy atom. The summed E-state index contributed by atoms with van der Waals surface area (Å²) in [4.78, 5) is 0. The SMILES string of the molecule is CO[C]1CC2CC3(COC(C)(C)OC3)CC2=C1C. The smallest absolute Gasteiger partial charge is 0.162 e. The fourth-order valence-corrected chi connectivity index (χ4v) is 3.65. The third-order valence-corrected chi connectivity index (χ3v) is 4.77. The minimum atomic E-state index is -0.407. The minimum absolute atomic E-state index is 0.218. The van der Waals surface area contributed by atoms with Crippen molar-refractivity contribution in [3.63, 3.8) is 0 Å². The van der Waals surface area contributed by atoms with Crippen molar-refractivity contribution in [2.75, 3.05) is 20.3 Å². The molecule has 1 saturated heterocycles. The van der Waals surface area contributed by atoms with Crippen LogP contribution < -0.4 is 0 Å². The van der Waals surface area contributed by atoms with Crippen LogP contribution in [0, 0.1) is 17.4 Å². The lowest BCUT2D eigenvalue weighted by Gasteiger charge is -2.41. The molecule has 1 radical (unpaired) electrons. The Balaban J connectivity index is 1.76. The monoisotopic (exact) mass is 251 g/mol. The second-order valence-electron chi connectivity index (χ2n) is 6.54. The maximum atomic E-state index is 5.87. The largest absolute Gasteiger partial charge is 0.370 e. The van der Waals surface area contributed by atoms with Crippen molar-refractivity contribution in [1.82, 2.24) is 0 Å². The number of hydrogen-bond acceptors (Lipinski definition) is 3. The number of methoxy groups -OCH3 is 1. The van der Waals surface area contributed by atoms with E-state index in [2.05, 4.69) is 6.92 Å². The van der Waals surface area contributed by atoms with E-state index in [0.717, 1.165) is 26.1 Å². The summed E-state index contributed by atoms with van der Waals surface area (Å²) >= 11 is 0. The van der Waals surface area contributed by atoms with Crippen LogP contribution >= 0.6 is 0 Å². The normalized spacial score (nSPS) is 34.3. The van der Waals surface area contributed by atoms with Gasteiger partial charge in [-0.05, 0) is 51.5 Å². The topological polar surface area (TPSA) is 27.7 Å². The van der Waals surface area contributed by atoms with Gasteiger partial charge in [-0.1, -0.05) is 5.57 Å². The first kappa shape index (κ1) is 12.6. The molecule has 1 atom stereocenters. The van der Waals surface area contributed by atoms with Crippen LogP contribution in [0.4, 0.5) is 0 Å². The van der Waals surface area contributed by atoms with E-state index in [4.69, 9.17) is 14.2 Å². The molecule has 101 valence electrons. The summed E-state index contributed by atoms with van der Waals surface area (Å²) in [5.41, 5.74) is 3.18. The fourth-order valence-electron chi connectivity index (χ4n) is 3.65. The lowest BCUT2D eigenvalue weighted by atomic mass is 9.84. The van der Waals surface area contributed by atoms with Crippen LogP contribution in [0.1, 0.15) is 40.0 Å². The van der Waals surface area contributed by atoms with Gasteiger partial charge in [0.05, 0.1) is 13.2 Å². The molecule has 0 N–H and O–H groups in total. The van der Waals surface area contributed by atoms with Crippen LogP contribution in [0.2, 0.25) is 0 Å².